The van der Waals surface area contributed by atoms with Crippen molar-refractivity contribution in [3.63, 3.8) is 0 Å². The number of aliphatic carboxylic acids is 1. The van der Waals surface area contributed by atoms with Crippen LogP contribution in [0.1, 0.15) is 5.56 Å². The molecule has 6 nitrogen and oxygen atoms in total. The molecule has 0 bridgehead atoms. The molecule has 0 saturated carbocycles. The number of halogens is 1. The maximum absolute atomic E-state index is 13.1. The summed E-state index contributed by atoms with van der Waals surface area (Å²) in [6, 6.07) is 9.93. The summed E-state index contributed by atoms with van der Waals surface area (Å²) in [4.78, 5) is 11.8. The van der Waals surface area contributed by atoms with Crippen molar-refractivity contribution >= 4 is 21.7 Å². The molecule has 1 atom stereocenters. The van der Waals surface area contributed by atoms with Gasteiger partial charge in [0.05, 0.1) is 19.1 Å². The van der Waals surface area contributed by atoms with Crippen LogP contribution in [0.4, 0.5) is 10.1 Å². The van der Waals surface area contributed by atoms with E-state index in [4.69, 9.17) is 4.74 Å². The highest BCUT2D eigenvalue weighted by atomic mass is 32.2. The number of hydrogen-bond acceptors (Lipinski definition) is 4. The third-order valence-corrected chi connectivity index (χ3v) is 4.77. The lowest BCUT2D eigenvalue weighted by Crippen LogP contribution is -2.46. The van der Waals surface area contributed by atoms with Gasteiger partial charge in [0.25, 0.3) is 0 Å². The first kappa shape index (κ1) is 18.7. The third kappa shape index (κ3) is 4.69. The van der Waals surface area contributed by atoms with Crippen molar-refractivity contribution in [2.75, 3.05) is 17.7 Å². The third-order valence-electron chi connectivity index (χ3n) is 3.59. The number of sulfonamides is 1. The second-order valence-corrected chi connectivity index (χ2v) is 7.30. The van der Waals surface area contributed by atoms with Crippen LogP contribution in [-0.4, -0.2) is 38.9 Å². The van der Waals surface area contributed by atoms with Crippen molar-refractivity contribution in [1.82, 2.24) is 0 Å². The Bertz CT molecular complexity index is 834. The van der Waals surface area contributed by atoms with Gasteiger partial charge in [0.15, 0.2) is 0 Å². The fraction of sp³-hybridized carbons (Fsp3) is 0.235. The first-order valence-corrected chi connectivity index (χ1v) is 9.18. The quantitative estimate of drug-likeness (QED) is 0.812. The van der Waals surface area contributed by atoms with Crippen LogP contribution in [-0.2, 0) is 21.2 Å². The maximum Gasteiger partial charge on any atom is 0.327 e. The predicted molar refractivity (Wildman–Crippen MR) is 91.8 cm³/mol. The Hall–Kier alpha value is -2.61. The zero-order valence-corrected chi connectivity index (χ0v) is 14.5. The van der Waals surface area contributed by atoms with E-state index >= 15 is 0 Å². The Kier molecular flexibility index (Phi) is 5.63. The molecule has 0 amide bonds. The highest BCUT2D eigenvalue weighted by Gasteiger charge is 2.32. The van der Waals surface area contributed by atoms with Gasteiger partial charge >= 0.3 is 5.97 Å². The summed E-state index contributed by atoms with van der Waals surface area (Å²) >= 11 is 0. The highest BCUT2D eigenvalue weighted by molar-refractivity contribution is 7.92. The molecule has 0 heterocycles. The first-order chi connectivity index (χ1) is 11.7. The van der Waals surface area contributed by atoms with Crippen LogP contribution in [0.15, 0.2) is 48.5 Å². The van der Waals surface area contributed by atoms with E-state index in [1.165, 1.54) is 19.2 Å². The van der Waals surface area contributed by atoms with Crippen molar-refractivity contribution in [3.8, 4) is 5.75 Å². The summed E-state index contributed by atoms with van der Waals surface area (Å²) in [6.45, 7) is 0. The van der Waals surface area contributed by atoms with Gasteiger partial charge in [-0.25, -0.2) is 17.6 Å². The number of rotatable bonds is 7. The van der Waals surface area contributed by atoms with Crippen LogP contribution in [0.3, 0.4) is 0 Å². The molecule has 0 aromatic heterocycles. The van der Waals surface area contributed by atoms with Crippen LogP contribution < -0.4 is 9.04 Å². The van der Waals surface area contributed by atoms with Crippen LogP contribution in [0.2, 0.25) is 0 Å². The Balaban J connectivity index is 2.42. The van der Waals surface area contributed by atoms with Gasteiger partial charge in [-0.15, -0.1) is 0 Å². The van der Waals surface area contributed by atoms with Gasteiger partial charge in [0.2, 0.25) is 10.0 Å². The number of carboxylic acid groups (broad SMARTS) is 1. The fourth-order valence-electron chi connectivity index (χ4n) is 2.45. The molecule has 2 aromatic carbocycles. The number of benzene rings is 2. The number of anilines is 1. The molecule has 25 heavy (non-hydrogen) atoms. The molecule has 0 saturated heterocycles. The summed E-state index contributed by atoms with van der Waals surface area (Å²) in [7, 11) is -2.39. The molecule has 2 aromatic rings. The average Bonchev–Trinajstić information content (AvgIpc) is 2.55. The van der Waals surface area contributed by atoms with E-state index in [1.807, 2.05) is 0 Å². The van der Waals surface area contributed by atoms with E-state index in [1.54, 1.807) is 24.3 Å². The summed E-state index contributed by atoms with van der Waals surface area (Å²) < 4.78 is 43.4. The summed E-state index contributed by atoms with van der Waals surface area (Å²) in [6.07, 6.45) is 0.865. The number of nitrogens with zero attached hydrogens (tertiary/aromatic N) is 1. The number of ether oxygens (including phenoxy) is 1. The molecule has 1 N–H and O–H groups in total. The Morgan fingerprint density at radius 2 is 1.72 bits per heavy atom. The highest BCUT2D eigenvalue weighted by Crippen LogP contribution is 2.24. The lowest BCUT2D eigenvalue weighted by molar-refractivity contribution is -0.138. The molecule has 0 aliphatic rings. The molecule has 0 aliphatic heterocycles. The average molecular weight is 367 g/mol. The SMILES string of the molecule is COc1ccc(C[C@H](C(=O)O)N(c2ccc(F)cc2)S(C)(=O)=O)cc1. The van der Waals surface area contributed by atoms with Gasteiger partial charge in [0.1, 0.15) is 17.6 Å². The van der Waals surface area contributed by atoms with Crippen LogP contribution in [0, 0.1) is 5.82 Å². The Morgan fingerprint density at radius 1 is 1.16 bits per heavy atom. The minimum absolute atomic E-state index is 0.0518. The largest absolute Gasteiger partial charge is 0.497 e. The van der Waals surface area contributed by atoms with E-state index in [0.29, 0.717) is 11.3 Å². The monoisotopic (exact) mass is 367 g/mol. The molecule has 0 unspecified atom stereocenters. The van der Waals surface area contributed by atoms with Gasteiger partial charge in [-0.2, -0.15) is 0 Å². The first-order valence-electron chi connectivity index (χ1n) is 7.33. The predicted octanol–water partition coefficient (Wildman–Crippen LogP) is 2.30. The van der Waals surface area contributed by atoms with Crippen LogP contribution >= 0.6 is 0 Å². The minimum atomic E-state index is -3.90. The number of methoxy groups -OCH3 is 1. The lowest BCUT2D eigenvalue weighted by Gasteiger charge is -2.29. The summed E-state index contributed by atoms with van der Waals surface area (Å²) in [5.41, 5.74) is 0.716. The molecule has 2 rings (SSSR count). The molecule has 0 aliphatic carbocycles. The molecule has 0 fully saturated rings. The standard InChI is InChI=1S/C17H18FNO5S/c1-24-15-9-3-12(4-10-15)11-16(17(20)21)19(25(2,22)23)14-7-5-13(18)6-8-14/h3-10,16H,11H2,1-2H3,(H,20,21)/t16-/m1/s1. The topological polar surface area (TPSA) is 83.9 Å². The van der Waals surface area contributed by atoms with Crippen molar-refractivity contribution in [3.05, 3.63) is 59.9 Å². The molecular weight excluding hydrogens is 349 g/mol. The lowest BCUT2D eigenvalue weighted by atomic mass is 10.1. The van der Waals surface area contributed by atoms with E-state index in [0.717, 1.165) is 22.7 Å². The molecule has 8 heteroatoms. The normalized spacial score (nSPS) is 12.4. The molecule has 0 radical (unpaired) electrons. The zero-order valence-electron chi connectivity index (χ0n) is 13.7. The Morgan fingerprint density at radius 3 is 2.16 bits per heavy atom. The van der Waals surface area contributed by atoms with Gasteiger partial charge in [0, 0.05) is 6.42 Å². The van der Waals surface area contributed by atoms with Gasteiger partial charge in [-0.3, -0.25) is 4.31 Å². The van der Waals surface area contributed by atoms with Gasteiger partial charge in [-0.05, 0) is 42.0 Å². The van der Waals surface area contributed by atoms with E-state index in [9.17, 15) is 22.7 Å². The maximum atomic E-state index is 13.1. The second kappa shape index (κ2) is 7.52. The fourth-order valence-corrected chi connectivity index (χ4v) is 3.58. The number of carboxylic acids is 1. The summed E-state index contributed by atoms with van der Waals surface area (Å²) in [5, 5.41) is 9.58. The number of hydrogen-bond donors (Lipinski definition) is 1. The van der Waals surface area contributed by atoms with Crippen molar-refractivity contribution in [1.29, 1.82) is 0 Å². The van der Waals surface area contributed by atoms with Gasteiger partial charge in [-0.1, -0.05) is 12.1 Å². The van der Waals surface area contributed by atoms with Crippen LogP contribution in [0.25, 0.3) is 0 Å². The van der Waals surface area contributed by atoms with Crippen molar-refractivity contribution in [2.45, 2.75) is 12.5 Å². The molecular formula is C17H18FNO5S. The van der Waals surface area contributed by atoms with Crippen molar-refractivity contribution < 1.29 is 27.4 Å². The van der Waals surface area contributed by atoms with Crippen molar-refractivity contribution in [2.24, 2.45) is 0 Å². The van der Waals surface area contributed by atoms with E-state index in [-0.39, 0.29) is 12.1 Å². The summed E-state index contributed by atoms with van der Waals surface area (Å²) in [5.74, 6) is -1.24. The van der Waals surface area contributed by atoms with E-state index in [2.05, 4.69) is 0 Å². The zero-order chi connectivity index (χ0) is 18.6. The minimum Gasteiger partial charge on any atom is -0.497 e. The second-order valence-electron chi connectivity index (χ2n) is 5.44. The van der Waals surface area contributed by atoms with Gasteiger partial charge < -0.3 is 9.84 Å². The smallest absolute Gasteiger partial charge is 0.327 e. The Labute approximate surface area is 145 Å². The molecule has 134 valence electrons. The number of carbonyl (C=O) groups is 1. The molecule has 0 spiro atoms. The van der Waals surface area contributed by atoms with Crippen LogP contribution in [0.5, 0.6) is 5.75 Å². The van der Waals surface area contributed by atoms with E-state index < -0.39 is 27.9 Å².